The lowest BCUT2D eigenvalue weighted by atomic mass is 9.62. The molecular weight excluding hydrogens is 326 g/mol. The van der Waals surface area contributed by atoms with Gasteiger partial charge in [-0.25, -0.2) is 13.6 Å². The van der Waals surface area contributed by atoms with Gasteiger partial charge < -0.3 is 10.5 Å². The average Bonchev–Trinajstić information content (AvgIpc) is 2.35. The van der Waals surface area contributed by atoms with Gasteiger partial charge in [0.2, 0.25) is 5.92 Å². The summed E-state index contributed by atoms with van der Waals surface area (Å²) in [6, 6.07) is 4.75. The highest BCUT2D eigenvalue weighted by Gasteiger charge is 2.57. The molecule has 1 amide bonds. The van der Waals surface area contributed by atoms with E-state index in [1.807, 2.05) is 0 Å². The largest absolute Gasteiger partial charge is 0.444 e. The maximum atomic E-state index is 13.3. The molecule has 1 aromatic rings. The van der Waals surface area contributed by atoms with E-state index in [9.17, 15) is 13.6 Å². The zero-order valence-electron chi connectivity index (χ0n) is 13.4. The molecule has 1 fully saturated rings. The fraction of sp³-hybridized carbons (Fsp3) is 0.562. The minimum Gasteiger partial charge on any atom is -0.444 e. The van der Waals surface area contributed by atoms with Crippen LogP contribution in [0.1, 0.15) is 39.2 Å². The van der Waals surface area contributed by atoms with Gasteiger partial charge in [0.25, 0.3) is 0 Å². The van der Waals surface area contributed by atoms with Gasteiger partial charge in [0.1, 0.15) is 5.60 Å². The van der Waals surface area contributed by atoms with Crippen LogP contribution in [0.3, 0.4) is 0 Å². The first kappa shape index (κ1) is 17.9. The molecule has 1 saturated carbocycles. The highest BCUT2D eigenvalue weighted by atomic mass is 35.5. The van der Waals surface area contributed by atoms with Crippen molar-refractivity contribution in [3.8, 4) is 0 Å². The number of nitrogens with one attached hydrogen (secondary N) is 1. The predicted octanol–water partition coefficient (Wildman–Crippen LogP) is 4.31. The molecule has 0 saturated heterocycles. The van der Waals surface area contributed by atoms with Crippen molar-refractivity contribution in [2.45, 2.75) is 50.6 Å². The first-order valence-corrected chi connectivity index (χ1v) is 7.72. The number of hydrogen-bond donors (Lipinski definition) is 2. The fourth-order valence-electron chi connectivity index (χ4n) is 2.81. The van der Waals surface area contributed by atoms with Gasteiger partial charge in [-0.1, -0.05) is 11.6 Å². The summed E-state index contributed by atoms with van der Waals surface area (Å²) in [7, 11) is 0. The van der Waals surface area contributed by atoms with E-state index >= 15 is 0 Å². The van der Waals surface area contributed by atoms with Gasteiger partial charge in [0.05, 0.1) is 0 Å². The van der Waals surface area contributed by atoms with Crippen molar-refractivity contribution in [3.63, 3.8) is 0 Å². The zero-order valence-corrected chi connectivity index (χ0v) is 14.1. The fourth-order valence-corrected chi connectivity index (χ4v) is 3.13. The van der Waals surface area contributed by atoms with Crippen LogP contribution in [-0.4, -0.2) is 24.2 Å². The maximum Gasteiger partial charge on any atom is 0.412 e. The Labute approximate surface area is 139 Å². The number of hydrogen-bond acceptors (Lipinski definition) is 3. The van der Waals surface area contributed by atoms with Crippen LogP contribution in [0, 0.1) is 0 Å². The Morgan fingerprint density at radius 1 is 1.39 bits per heavy atom. The Kier molecular flexibility index (Phi) is 4.61. The van der Waals surface area contributed by atoms with E-state index in [1.165, 1.54) is 0 Å². The van der Waals surface area contributed by atoms with E-state index in [1.54, 1.807) is 39.0 Å². The van der Waals surface area contributed by atoms with Crippen molar-refractivity contribution >= 4 is 23.4 Å². The Morgan fingerprint density at radius 3 is 2.48 bits per heavy atom. The first-order valence-electron chi connectivity index (χ1n) is 7.34. The van der Waals surface area contributed by atoms with Gasteiger partial charge in [-0.05, 0) is 44.5 Å². The minimum absolute atomic E-state index is 0.0677. The second kappa shape index (κ2) is 5.91. The van der Waals surface area contributed by atoms with Gasteiger partial charge in [-0.2, -0.15) is 0 Å². The molecule has 0 radical (unpaired) electrons. The number of nitrogens with two attached hydrogens (primary N) is 1. The molecule has 128 valence electrons. The van der Waals surface area contributed by atoms with Gasteiger partial charge in [0.15, 0.2) is 0 Å². The lowest BCUT2D eigenvalue weighted by Crippen LogP contribution is -2.53. The van der Waals surface area contributed by atoms with Crippen LogP contribution in [0.15, 0.2) is 18.2 Å². The highest BCUT2D eigenvalue weighted by molar-refractivity contribution is 6.31. The van der Waals surface area contributed by atoms with Crippen molar-refractivity contribution in [2.24, 2.45) is 5.73 Å². The predicted molar refractivity (Wildman–Crippen MR) is 86.2 cm³/mol. The summed E-state index contributed by atoms with van der Waals surface area (Å²) in [5.41, 5.74) is 5.20. The topological polar surface area (TPSA) is 64.3 Å². The second-order valence-electron chi connectivity index (χ2n) is 7.02. The minimum atomic E-state index is -2.72. The summed E-state index contributed by atoms with van der Waals surface area (Å²) >= 11 is 6.16. The van der Waals surface area contributed by atoms with Crippen LogP contribution in [0.5, 0.6) is 0 Å². The zero-order chi connectivity index (χ0) is 17.5. The summed E-state index contributed by atoms with van der Waals surface area (Å²) in [4.78, 5) is 11.8. The SMILES string of the molecule is CC(C)(C)OC(=O)Nc1ccc(Cl)c(C2(CN)CC(F)(F)C2)c1. The van der Waals surface area contributed by atoms with Gasteiger partial charge in [-0.15, -0.1) is 0 Å². The van der Waals surface area contributed by atoms with E-state index in [2.05, 4.69) is 5.32 Å². The molecular formula is C16H21ClF2N2O2. The van der Waals surface area contributed by atoms with Gasteiger partial charge in [0, 0.05) is 35.5 Å². The summed E-state index contributed by atoms with van der Waals surface area (Å²) in [5.74, 6) is -2.72. The number of alkyl halides is 2. The smallest absolute Gasteiger partial charge is 0.412 e. The molecule has 3 N–H and O–H groups in total. The normalized spacial score (nSPS) is 18.9. The van der Waals surface area contributed by atoms with Crippen molar-refractivity contribution in [2.75, 3.05) is 11.9 Å². The lowest BCUT2D eigenvalue weighted by Gasteiger charge is -2.47. The number of rotatable bonds is 3. The number of amides is 1. The van der Waals surface area contributed by atoms with Gasteiger partial charge in [-0.3, -0.25) is 5.32 Å². The molecule has 4 nitrogen and oxygen atoms in total. The Bertz CT molecular complexity index is 607. The summed E-state index contributed by atoms with van der Waals surface area (Å²) in [6.45, 7) is 5.32. The molecule has 0 heterocycles. The molecule has 1 aromatic carbocycles. The third-order valence-electron chi connectivity index (χ3n) is 3.77. The van der Waals surface area contributed by atoms with Crippen LogP contribution in [0.25, 0.3) is 0 Å². The molecule has 0 atom stereocenters. The summed E-state index contributed by atoms with van der Waals surface area (Å²) in [6.07, 6.45) is -1.30. The molecule has 0 aliphatic heterocycles. The van der Waals surface area contributed by atoms with Gasteiger partial charge >= 0.3 is 6.09 Å². The number of benzene rings is 1. The molecule has 1 aliphatic rings. The lowest BCUT2D eigenvalue weighted by molar-refractivity contribution is -0.123. The number of ether oxygens (including phenoxy) is 1. The molecule has 0 unspecified atom stereocenters. The maximum absolute atomic E-state index is 13.3. The van der Waals surface area contributed by atoms with E-state index in [4.69, 9.17) is 22.1 Å². The summed E-state index contributed by atoms with van der Waals surface area (Å²) < 4.78 is 31.9. The average molecular weight is 347 g/mol. The quantitative estimate of drug-likeness (QED) is 0.857. The van der Waals surface area contributed by atoms with Crippen LogP contribution in [0.2, 0.25) is 5.02 Å². The highest BCUT2D eigenvalue weighted by Crippen LogP contribution is 2.54. The molecule has 0 aromatic heterocycles. The molecule has 0 bridgehead atoms. The molecule has 0 spiro atoms. The van der Waals surface area contributed by atoms with Crippen LogP contribution in [0.4, 0.5) is 19.3 Å². The van der Waals surface area contributed by atoms with Crippen LogP contribution >= 0.6 is 11.6 Å². The number of carbonyl (C=O) groups is 1. The number of halogens is 3. The van der Waals surface area contributed by atoms with E-state index in [-0.39, 0.29) is 19.4 Å². The Hall–Kier alpha value is -1.40. The number of anilines is 1. The molecule has 7 heteroatoms. The third-order valence-corrected chi connectivity index (χ3v) is 4.10. The Morgan fingerprint density at radius 2 is 2.00 bits per heavy atom. The van der Waals surface area contributed by atoms with E-state index < -0.39 is 23.0 Å². The third kappa shape index (κ3) is 4.12. The van der Waals surface area contributed by atoms with Crippen LogP contribution < -0.4 is 11.1 Å². The summed E-state index contributed by atoms with van der Waals surface area (Å²) in [5, 5.41) is 2.94. The molecule has 23 heavy (non-hydrogen) atoms. The monoisotopic (exact) mass is 346 g/mol. The van der Waals surface area contributed by atoms with Crippen LogP contribution in [-0.2, 0) is 10.2 Å². The Balaban J connectivity index is 2.21. The van der Waals surface area contributed by atoms with E-state index in [0.717, 1.165) is 0 Å². The van der Waals surface area contributed by atoms with Crippen molar-refractivity contribution < 1.29 is 18.3 Å². The van der Waals surface area contributed by atoms with E-state index in [0.29, 0.717) is 16.3 Å². The van der Waals surface area contributed by atoms with Crippen molar-refractivity contribution in [1.29, 1.82) is 0 Å². The second-order valence-corrected chi connectivity index (χ2v) is 7.42. The molecule has 2 rings (SSSR count). The first-order chi connectivity index (χ1) is 10.5. The standard InChI is InChI=1S/C16H21ClF2N2O2/c1-14(2,3)23-13(22)21-10-4-5-12(17)11(6-10)15(9-20)7-16(18,19)8-15/h4-6H,7-9,20H2,1-3H3,(H,21,22). The van der Waals surface area contributed by atoms with Crippen molar-refractivity contribution in [3.05, 3.63) is 28.8 Å². The number of carbonyl (C=O) groups excluding carboxylic acids is 1. The van der Waals surface area contributed by atoms with Crippen molar-refractivity contribution in [1.82, 2.24) is 0 Å². The molecule has 1 aliphatic carbocycles.